The van der Waals surface area contributed by atoms with Crippen LogP contribution in [-0.4, -0.2) is 18.1 Å². The lowest BCUT2D eigenvalue weighted by molar-refractivity contribution is 0.0607. The van der Waals surface area contributed by atoms with Crippen molar-refractivity contribution in [3.05, 3.63) is 52.5 Å². The number of ether oxygens (including phenoxy) is 1. The molecule has 3 nitrogen and oxygen atoms in total. The summed E-state index contributed by atoms with van der Waals surface area (Å²) in [5.41, 5.74) is 3.09. The van der Waals surface area contributed by atoms with E-state index < -0.39 is 0 Å². The molecule has 0 aliphatic rings. The number of aromatic nitrogens is 1. The third kappa shape index (κ3) is 1.98. The Morgan fingerprint density at radius 3 is 2.95 bits per heavy atom. The Balaban J connectivity index is 2.31. The molecule has 3 rings (SSSR count). The van der Waals surface area contributed by atoms with E-state index in [4.69, 9.17) is 4.74 Å². The maximum atomic E-state index is 11.9. The van der Waals surface area contributed by atoms with Gasteiger partial charge in [-0.2, -0.15) is 0 Å². The molecule has 0 unspecified atom stereocenters. The van der Waals surface area contributed by atoms with Gasteiger partial charge in [0.15, 0.2) is 0 Å². The maximum Gasteiger partial charge on any atom is 0.348 e. The highest BCUT2D eigenvalue weighted by Gasteiger charge is 2.19. The van der Waals surface area contributed by atoms with Gasteiger partial charge < -0.3 is 4.74 Å². The van der Waals surface area contributed by atoms with Gasteiger partial charge in [-0.1, -0.05) is 18.2 Å². The lowest BCUT2D eigenvalue weighted by atomic mass is 9.97. The average Bonchev–Trinajstić information content (AvgIpc) is 2.87. The fraction of sp³-hybridized carbons (Fsp3) is 0.125. The molecule has 0 spiro atoms. The van der Waals surface area contributed by atoms with Crippen molar-refractivity contribution in [3.63, 3.8) is 0 Å². The van der Waals surface area contributed by atoms with E-state index in [1.54, 1.807) is 6.20 Å². The zero-order valence-electron chi connectivity index (χ0n) is 11.2. The van der Waals surface area contributed by atoms with Gasteiger partial charge in [-0.05, 0) is 34.9 Å². The number of rotatable bonds is 2. The van der Waals surface area contributed by atoms with Crippen LogP contribution in [0.1, 0.15) is 15.2 Å². The summed E-state index contributed by atoms with van der Waals surface area (Å²) in [5, 5.41) is 4.14. The fourth-order valence-electron chi connectivity index (χ4n) is 2.36. The molecular weight excluding hydrogens is 270 g/mol. The topological polar surface area (TPSA) is 39.2 Å². The third-order valence-electron chi connectivity index (χ3n) is 3.30. The highest BCUT2D eigenvalue weighted by molar-refractivity contribution is 7.12. The molecule has 100 valence electrons. The number of methoxy groups -OCH3 is 1. The van der Waals surface area contributed by atoms with Crippen molar-refractivity contribution >= 4 is 28.1 Å². The van der Waals surface area contributed by atoms with Crippen molar-refractivity contribution in [1.82, 2.24) is 4.98 Å². The van der Waals surface area contributed by atoms with Gasteiger partial charge in [-0.15, -0.1) is 11.3 Å². The number of nitrogens with zero attached hydrogens (tertiary/aromatic N) is 1. The van der Waals surface area contributed by atoms with Gasteiger partial charge in [0.1, 0.15) is 4.88 Å². The highest BCUT2D eigenvalue weighted by Crippen LogP contribution is 2.36. The minimum atomic E-state index is -0.288. The number of thiophene rings is 1. The molecule has 0 amide bonds. The van der Waals surface area contributed by atoms with E-state index in [-0.39, 0.29) is 5.97 Å². The summed E-state index contributed by atoms with van der Waals surface area (Å²) in [6.07, 6.45) is 3.60. The molecule has 0 aliphatic carbocycles. The van der Waals surface area contributed by atoms with E-state index >= 15 is 0 Å². The Bertz CT molecular complexity index is 787. The first kappa shape index (κ1) is 12.8. The zero-order chi connectivity index (χ0) is 14.1. The van der Waals surface area contributed by atoms with Gasteiger partial charge in [0, 0.05) is 23.3 Å². The summed E-state index contributed by atoms with van der Waals surface area (Å²) in [6.45, 7) is 2.01. The fourth-order valence-corrected chi connectivity index (χ4v) is 3.34. The standard InChI is InChI=1S/C16H13NO2S/c1-10-9-20-15(16(18)19-2)14(10)13-5-3-4-11-8-17-7-6-12(11)13/h3-9H,1-2H3. The third-order valence-corrected chi connectivity index (χ3v) is 4.37. The zero-order valence-corrected chi connectivity index (χ0v) is 12.0. The molecular formula is C16H13NO2S. The van der Waals surface area contributed by atoms with E-state index in [1.165, 1.54) is 18.4 Å². The van der Waals surface area contributed by atoms with Crippen LogP contribution < -0.4 is 0 Å². The minimum absolute atomic E-state index is 0.288. The Kier molecular flexibility index (Phi) is 3.24. The molecule has 0 aliphatic heterocycles. The predicted octanol–water partition coefficient (Wildman–Crippen LogP) is 4.06. The summed E-state index contributed by atoms with van der Waals surface area (Å²) < 4.78 is 4.88. The minimum Gasteiger partial charge on any atom is -0.465 e. The number of hydrogen-bond donors (Lipinski definition) is 0. The second kappa shape index (κ2) is 5.06. The van der Waals surface area contributed by atoms with Crippen LogP contribution in [0.15, 0.2) is 42.0 Å². The van der Waals surface area contributed by atoms with Gasteiger partial charge in [0.25, 0.3) is 0 Å². The quantitative estimate of drug-likeness (QED) is 0.666. The summed E-state index contributed by atoms with van der Waals surface area (Å²) in [5.74, 6) is -0.288. The van der Waals surface area contributed by atoms with Crippen LogP contribution in [0, 0.1) is 6.92 Å². The van der Waals surface area contributed by atoms with Crippen molar-refractivity contribution in [1.29, 1.82) is 0 Å². The highest BCUT2D eigenvalue weighted by atomic mass is 32.1. The number of esters is 1. The number of carbonyl (C=O) groups excluding carboxylic acids is 1. The van der Waals surface area contributed by atoms with Crippen LogP contribution in [0.3, 0.4) is 0 Å². The molecule has 0 saturated heterocycles. The van der Waals surface area contributed by atoms with E-state index in [2.05, 4.69) is 4.98 Å². The van der Waals surface area contributed by atoms with Crippen LogP contribution in [-0.2, 0) is 4.74 Å². The van der Waals surface area contributed by atoms with Crippen LogP contribution in [0.25, 0.3) is 21.9 Å². The van der Waals surface area contributed by atoms with Crippen LogP contribution >= 0.6 is 11.3 Å². The second-order valence-electron chi connectivity index (χ2n) is 4.52. The average molecular weight is 283 g/mol. The van der Waals surface area contributed by atoms with Crippen molar-refractivity contribution in [2.75, 3.05) is 7.11 Å². The number of pyridine rings is 1. The lowest BCUT2D eigenvalue weighted by Crippen LogP contribution is -2.00. The molecule has 0 fully saturated rings. The van der Waals surface area contributed by atoms with Crippen molar-refractivity contribution in [2.24, 2.45) is 0 Å². The van der Waals surface area contributed by atoms with Gasteiger partial charge in [-0.25, -0.2) is 4.79 Å². The first-order chi connectivity index (χ1) is 9.72. The molecule has 3 aromatic rings. The van der Waals surface area contributed by atoms with Gasteiger partial charge in [-0.3, -0.25) is 4.98 Å². The Labute approximate surface area is 120 Å². The molecule has 0 N–H and O–H groups in total. The van der Waals surface area contributed by atoms with Gasteiger partial charge in [0.05, 0.1) is 7.11 Å². The van der Waals surface area contributed by atoms with E-state index in [9.17, 15) is 4.79 Å². The largest absolute Gasteiger partial charge is 0.465 e. The number of fused-ring (bicyclic) bond motifs is 1. The number of aryl methyl sites for hydroxylation is 1. The summed E-state index contributed by atoms with van der Waals surface area (Å²) in [7, 11) is 1.41. The van der Waals surface area contributed by atoms with Gasteiger partial charge >= 0.3 is 5.97 Å². The van der Waals surface area contributed by atoms with Crippen molar-refractivity contribution in [2.45, 2.75) is 6.92 Å². The first-order valence-electron chi connectivity index (χ1n) is 6.22. The van der Waals surface area contributed by atoms with Crippen molar-refractivity contribution < 1.29 is 9.53 Å². The Hall–Kier alpha value is -2.20. The van der Waals surface area contributed by atoms with Gasteiger partial charge in [0.2, 0.25) is 0 Å². The number of carbonyl (C=O) groups is 1. The smallest absolute Gasteiger partial charge is 0.348 e. The van der Waals surface area contributed by atoms with Crippen molar-refractivity contribution in [3.8, 4) is 11.1 Å². The normalized spacial score (nSPS) is 10.7. The molecule has 4 heteroatoms. The summed E-state index contributed by atoms with van der Waals surface area (Å²) in [6, 6.07) is 8.01. The Morgan fingerprint density at radius 2 is 2.15 bits per heavy atom. The van der Waals surface area contributed by atoms with E-state index in [0.717, 1.165) is 27.5 Å². The van der Waals surface area contributed by atoms with Crippen LogP contribution in [0.2, 0.25) is 0 Å². The number of benzene rings is 1. The van der Waals surface area contributed by atoms with E-state index in [1.807, 2.05) is 42.8 Å². The molecule has 0 saturated carbocycles. The Morgan fingerprint density at radius 1 is 1.30 bits per heavy atom. The summed E-state index contributed by atoms with van der Waals surface area (Å²) in [4.78, 5) is 16.7. The molecule has 0 bridgehead atoms. The first-order valence-corrected chi connectivity index (χ1v) is 7.10. The lowest BCUT2D eigenvalue weighted by Gasteiger charge is -2.08. The molecule has 20 heavy (non-hydrogen) atoms. The van der Waals surface area contributed by atoms with E-state index in [0.29, 0.717) is 4.88 Å². The molecule has 0 radical (unpaired) electrons. The molecule has 2 aromatic heterocycles. The number of hydrogen-bond acceptors (Lipinski definition) is 4. The second-order valence-corrected chi connectivity index (χ2v) is 5.40. The molecule has 0 atom stereocenters. The summed E-state index contributed by atoms with van der Waals surface area (Å²) >= 11 is 1.42. The molecule has 2 heterocycles. The predicted molar refractivity (Wildman–Crippen MR) is 81.1 cm³/mol. The molecule has 1 aromatic carbocycles. The SMILES string of the molecule is COC(=O)c1scc(C)c1-c1cccc2cnccc12. The van der Waals surface area contributed by atoms with Crippen LogP contribution in [0.5, 0.6) is 0 Å². The monoisotopic (exact) mass is 283 g/mol. The maximum absolute atomic E-state index is 11.9. The van der Waals surface area contributed by atoms with Crippen LogP contribution in [0.4, 0.5) is 0 Å².